The Labute approximate surface area is 109 Å². The summed E-state index contributed by atoms with van der Waals surface area (Å²) in [4.78, 5) is 0. The van der Waals surface area contributed by atoms with Gasteiger partial charge in [0.2, 0.25) is 0 Å². The fourth-order valence-corrected chi connectivity index (χ4v) is 2.09. The predicted octanol–water partition coefficient (Wildman–Crippen LogP) is 4.99. The molecule has 0 spiro atoms. The molecule has 0 fully saturated rings. The minimum absolute atomic E-state index is 0.0653. The van der Waals surface area contributed by atoms with Crippen molar-refractivity contribution in [1.82, 2.24) is 0 Å². The molecule has 0 N–H and O–H groups in total. The van der Waals surface area contributed by atoms with Gasteiger partial charge in [-0.1, -0.05) is 27.5 Å². The van der Waals surface area contributed by atoms with Crippen LogP contribution in [0.25, 0.3) is 11.1 Å². The van der Waals surface area contributed by atoms with Crippen molar-refractivity contribution in [1.29, 1.82) is 0 Å². The number of benzene rings is 2. The molecule has 17 heavy (non-hydrogen) atoms. The van der Waals surface area contributed by atoms with Crippen LogP contribution in [0.3, 0.4) is 0 Å². The Kier molecular flexibility index (Phi) is 3.45. The van der Waals surface area contributed by atoms with E-state index in [9.17, 15) is 13.2 Å². The molecule has 2 rings (SSSR count). The zero-order valence-electron chi connectivity index (χ0n) is 8.20. The lowest BCUT2D eigenvalue weighted by molar-refractivity contribution is 0.587. The molecule has 87 valence electrons. The molecule has 0 aliphatic heterocycles. The molecule has 0 unspecified atom stereocenters. The van der Waals surface area contributed by atoms with Gasteiger partial charge >= 0.3 is 0 Å². The molecule has 0 saturated carbocycles. The van der Waals surface area contributed by atoms with Crippen LogP contribution in [0, 0.1) is 23.5 Å². The van der Waals surface area contributed by atoms with E-state index in [0.29, 0.717) is 0 Å². The van der Waals surface area contributed by atoms with Gasteiger partial charge in [-0.05, 0) is 24.3 Å². The van der Waals surface area contributed by atoms with E-state index in [1.807, 2.05) is 0 Å². The summed E-state index contributed by atoms with van der Waals surface area (Å²) in [6.45, 7) is 0. The maximum atomic E-state index is 13.6. The first kappa shape index (κ1) is 12.5. The van der Waals surface area contributed by atoms with E-state index in [1.165, 1.54) is 6.07 Å². The van der Waals surface area contributed by atoms with Gasteiger partial charge in [0.15, 0.2) is 0 Å². The fraction of sp³-hybridized carbons (Fsp3) is 0. The summed E-state index contributed by atoms with van der Waals surface area (Å²) >= 11 is 8.68. The summed E-state index contributed by atoms with van der Waals surface area (Å²) in [5.41, 5.74) is -0.231. The quantitative estimate of drug-likeness (QED) is 0.694. The van der Waals surface area contributed by atoms with Crippen LogP contribution in [0.2, 0.25) is 5.02 Å². The van der Waals surface area contributed by atoms with Gasteiger partial charge in [0.1, 0.15) is 17.5 Å². The van der Waals surface area contributed by atoms with Crippen LogP contribution < -0.4 is 0 Å². The molecule has 0 aliphatic carbocycles. The average Bonchev–Trinajstić information content (AvgIpc) is 2.19. The van der Waals surface area contributed by atoms with Gasteiger partial charge in [-0.3, -0.25) is 0 Å². The summed E-state index contributed by atoms with van der Waals surface area (Å²) in [7, 11) is 0. The van der Waals surface area contributed by atoms with E-state index in [-0.39, 0.29) is 20.6 Å². The van der Waals surface area contributed by atoms with Gasteiger partial charge in [-0.15, -0.1) is 0 Å². The van der Waals surface area contributed by atoms with Gasteiger partial charge in [-0.25, -0.2) is 13.2 Å². The molecule has 0 amide bonds. The van der Waals surface area contributed by atoms with Crippen LogP contribution in [-0.4, -0.2) is 0 Å². The second-order valence-corrected chi connectivity index (χ2v) is 4.57. The standard InChI is InChI=1S/C12H4BrClF3/c13-6-3-10(16)12(11(17)4-6)8-2-1-7(15)5-9(8)14/h1-4H. The first-order chi connectivity index (χ1) is 7.99. The van der Waals surface area contributed by atoms with E-state index in [0.717, 1.165) is 18.2 Å². The monoisotopic (exact) mass is 319 g/mol. The Morgan fingerprint density at radius 2 is 1.65 bits per heavy atom. The van der Waals surface area contributed by atoms with Crippen LogP contribution in [0.1, 0.15) is 0 Å². The summed E-state index contributed by atoms with van der Waals surface area (Å²) in [6.07, 6.45) is 0. The number of halogens is 5. The van der Waals surface area contributed by atoms with Crippen LogP contribution in [-0.2, 0) is 0 Å². The van der Waals surface area contributed by atoms with E-state index >= 15 is 0 Å². The highest BCUT2D eigenvalue weighted by Crippen LogP contribution is 2.33. The van der Waals surface area contributed by atoms with Gasteiger partial charge in [-0.2, -0.15) is 0 Å². The summed E-state index contributed by atoms with van der Waals surface area (Å²) in [6, 6.07) is 6.63. The molecule has 0 nitrogen and oxygen atoms in total. The lowest BCUT2D eigenvalue weighted by atomic mass is 10.0. The maximum Gasteiger partial charge on any atom is 0.135 e. The molecule has 2 aromatic rings. The lowest BCUT2D eigenvalue weighted by Crippen LogP contribution is -1.92. The molecule has 0 saturated heterocycles. The van der Waals surface area contributed by atoms with Crippen LogP contribution >= 0.6 is 27.5 Å². The highest BCUT2D eigenvalue weighted by atomic mass is 79.9. The zero-order chi connectivity index (χ0) is 12.6. The van der Waals surface area contributed by atoms with Gasteiger partial charge in [0, 0.05) is 16.1 Å². The largest absolute Gasteiger partial charge is 0.206 e. The Morgan fingerprint density at radius 3 is 2.18 bits per heavy atom. The van der Waals surface area contributed by atoms with Crippen LogP contribution in [0.15, 0.2) is 28.7 Å². The highest BCUT2D eigenvalue weighted by Gasteiger charge is 2.15. The van der Waals surface area contributed by atoms with Crippen molar-refractivity contribution in [3.63, 3.8) is 0 Å². The van der Waals surface area contributed by atoms with Crippen molar-refractivity contribution in [3.8, 4) is 11.1 Å². The summed E-state index contributed by atoms with van der Waals surface area (Å²) in [5, 5.41) is -0.162. The third-order valence-corrected chi connectivity index (χ3v) is 2.89. The van der Waals surface area contributed by atoms with E-state index in [2.05, 4.69) is 22.0 Å². The zero-order valence-corrected chi connectivity index (χ0v) is 10.5. The SMILES string of the molecule is Fc1[c]c(Cl)c(-c2c(F)cc(Br)cc2F)cc1. The Balaban J connectivity index is 2.68. The lowest BCUT2D eigenvalue weighted by Gasteiger charge is -2.07. The second-order valence-electron chi connectivity index (χ2n) is 3.28. The average molecular weight is 321 g/mol. The van der Waals surface area contributed by atoms with Crippen LogP contribution in [0.4, 0.5) is 13.2 Å². The number of rotatable bonds is 1. The molecule has 1 radical (unpaired) electrons. The van der Waals surface area contributed by atoms with Crippen molar-refractivity contribution < 1.29 is 13.2 Å². The molecule has 5 heteroatoms. The van der Waals surface area contributed by atoms with Gasteiger partial charge < -0.3 is 0 Å². The fourth-order valence-electron chi connectivity index (χ4n) is 1.44. The first-order valence-electron chi connectivity index (χ1n) is 4.51. The third-order valence-electron chi connectivity index (χ3n) is 2.14. The molecule has 0 heterocycles. The maximum absolute atomic E-state index is 13.6. The molecule has 0 aromatic heterocycles. The van der Waals surface area contributed by atoms with Crippen molar-refractivity contribution in [2.24, 2.45) is 0 Å². The van der Waals surface area contributed by atoms with Gasteiger partial charge in [0.25, 0.3) is 0 Å². The van der Waals surface area contributed by atoms with E-state index in [1.54, 1.807) is 0 Å². The number of hydrogen-bond donors (Lipinski definition) is 0. The second kappa shape index (κ2) is 4.70. The highest BCUT2D eigenvalue weighted by molar-refractivity contribution is 9.10. The van der Waals surface area contributed by atoms with Gasteiger partial charge in [0.05, 0.1) is 10.6 Å². The molecular formula is C12H4BrClF3. The Hall–Kier alpha value is -1.00. The summed E-state index contributed by atoms with van der Waals surface area (Å²) < 4.78 is 40.4. The molecular weight excluding hydrogens is 316 g/mol. The smallest absolute Gasteiger partial charge is 0.135 e. The normalized spacial score (nSPS) is 10.6. The minimum Gasteiger partial charge on any atom is -0.206 e. The van der Waals surface area contributed by atoms with E-state index < -0.39 is 17.5 Å². The Bertz CT molecular complexity index is 561. The number of hydrogen-bond acceptors (Lipinski definition) is 0. The van der Waals surface area contributed by atoms with Crippen molar-refractivity contribution >= 4 is 27.5 Å². The molecule has 0 atom stereocenters. The van der Waals surface area contributed by atoms with Crippen molar-refractivity contribution in [3.05, 3.63) is 57.3 Å². The minimum atomic E-state index is -0.779. The van der Waals surface area contributed by atoms with E-state index in [4.69, 9.17) is 11.6 Å². The molecule has 2 aromatic carbocycles. The van der Waals surface area contributed by atoms with Crippen LogP contribution in [0.5, 0.6) is 0 Å². The molecule has 0 aliphatic rings. The third kappa shape index (κ3) is 2.48. The summed E-state index contributed by atoms with van der Waals surface area (Å²) in [5.74, 6) is -2.24. The first-order valence-corrected chi connectivity index (χ1v) is 5.68. The topological polar surface area (TPSA) is 0 Å². The predicted molar refractivity (Wildman–Crippen MR) is 63.3 cm³/mol. The Morgan fingerprint density at radius 1 is 1.06 bits per heavy atom. The van der Waals surface area contributed by atoms with Crippen molar-refractivity contribution in [2.75, 3.05) is 0 Å². The molecule has 0 bridgehead atoms. The van der Waals surface area contributed by atoms with Crippen molar-refractivity contribution in [2.45, 2.75) is 0 Å².